The van der Waals surface area contributed by atoms with Gasteiger partial charge >= 0.3 is 0 Å². The molecule has 0 spiro atoms. The van der Waals surface area contributed by atoms with Gasteiger partial charge in [-0.15, -0.1) is 0 Å². The maximum atomic E-state index is 15.4. The van der Waals surface area contributed by atoms with Crippen LogP contribution in [0.5, 0.6) is 0 Å². The Bertz CT molecular complexity index is 2550. The number of carbonyl (C=O) groups excluding carboxylic acids is 11. The third-order valence-electron chi connectivity index (χ3n) is 18.3. The van der Waals surface area contributed by atoms with E-state index in [1.807, 2.05) is 68.4 Å². The van der Waals surface area contributed by atoms with E-state index in [4.69, 9.17) is 0 Å². The highest BCUT2D eigenvalue weighted by atomic mass is 32.2. The first-order valence-electron chi connectivity index (χ1n) is 34.8. The highest BCUT2D eigenvalue weighted by Gasteiger charge is 2.46. The molecule has 1 heterocycles. The summed E-state index contributed by atoms with van der Waals surface area (Å²) < 4.78 is 0. The molecule has 1 rings (SSSR count). The molecule has 1 saturated heterocycles. The van der Waals surface area contributed by atoms with E-state index in [0.29, 0.717) is 12.2 Å². The topological polar surface area (TPSA) is 282 Å². The minimum Gasteiger partial charge on any atom is -0.390 e. The van der Waals surface area contributed by atoms with Crippen molar-refractivity contribution in [1.29, 1.82) is 0 Å². The van der Waals surface area contributed by atoms with Crippen molar-refractivity contribution in [3.63, 3.8) is 0 Å². The van der Waals surface area contributed by atoms with Gasteiger partial charge in [0.15, 0.2) is 0 Å². The zero-order valence-electron chi connectivity index (χ0n) is 63.0. The molecule has 1 aliphatic rings. The molecule has 1 fully saturated rings. The average molecular weight is 1360 g/mol. The van der Waals surface area contributed by atoms with E-state index in [1.165, 1.54) is 104 Å². The smallest absolute Gasteiger partial charge is 0.246 e. The number of likely N-dealkylation sites (N-methyl/N-ethyl adjacent to an activating group) is 7. The van der Waals surface area contributed by atoms with Crippen LogP contribution in [0.25, 0.3) is 0 Å². The van der Waals surface area contributed by atoms with E-state index < -0.39 is 155 Å². The van der Waals surface area contributed by atoms with Gasteiger partial charge in [-0.2, -0.15) is 11.8 Å². The zero-order valence-corrected chi connectivity index (χ0v) is 63.9. The molecule has 546 valence electrons. The summed E-state index contributed by atoms with van der Waals surface area (Å²) in [5, 5.41) is 23.6. The molecule has 0 aromatic heterocycles. The Kier molecular flexibility index (Phi) is 38.0. The number of nitrogens with one attached hydrogen (secondary N) is 4. The molecule has 95 heavy (non-hydrogen) atoms. The molecule has 13 atom stereocenters. The van der Waals surface area contributed by atoms with Crippen molar-refractivity contribution in [3.8, 4) is 0 Å². The summed E-state index contributed by atoms with van der Waals surface area (Å²) in [7, 11) is 10.2. The van der Waals surface area contributed by atoms with Crippen LogP contribution in [-0.2, 0) is 52.7 Å². The third-order valence-corrected chi connectivity index (χ3v) is 19.4. The number of hydrogen-bond acceptors (Lipinski definition) is 14. The number of amides is 11. The van der Waals surface area contributed by atoms with Gasteiger partial charge in [0, 0.05) is 55.1 Å². The lowest BCUT2D eigenvalue weighted by molar-refractivity contribution is -0.157. The monoisotopic (exact) mass is 1360 g/mol. The predicted octanol–water partition coefficient (Wildman–Crippen LogP) is 5.10. The van der Waals surface area contributed by atoms with Crippen molar-refractivity contribution < 1.29 is 57.8 Å². The summed E-state index contributed by atoms with van der Waals surface area (Å²) >= 11 is 1.46. The second kappa shape index (κ2) is 41.4. The largest absolute Gasteiger partial charge is 0.390 e. The molecule has 0 radical (unpaired) electrons. The van der Waals surface area contributed by atoms with Crippen molar-refractivity contribution in [2.75, 3.05) is 80.5 Å². The summed E-state index contributed by atoms with van der Waals surface area (Å²) in [4.78, 5) is 175. The number of rotatable bonds is 23. The Balaban J connectivity index is 4.55. The highest BCUT2D eigenvalue weighted by Crippen LogP contribution is 2.27. The first-order chi connectivity index (χ1) is 44.1. The first-order valence-corrected chi connectivity index (χ1v) is 35.9. The zero-order chi connectivity index (χ0) is 73.4. The Morgan fingerprint density at radius 2 is 0.874 bits per heavy atom. The molecular weight excluding hydrogens is 1230 g/mol. The molecular formula is C70H128N12O12S. The molecule has 5 N–H and O–H groups in total. The number of nitrogens with zero attached hydrogens (tertiary/aromatic N) is 8. The maximum absolute atomic E-state index is 15.4. The van der Waals surface area contributed by atoms with Crippen LogP contribution < -0.4 is 21.3 Å². The van der Waals surface area contributed by atoms with Crippen LogP contribution in [0, 0.1) is 41.4 Å². The van der Waals surface area contributed by atoms with Crippen LogP contribution in [0.1, 0.15) is 176 Å². The van der Waals surface area contributed by atoms with Gasteiger partial charge in [0.1, 0.15) is 66.5 Å². The van der Waals surface area contributed by atoms with E-state index in [-0.39, 0.29) is 61.5 Å². The van der Waals surface area contributed by atoms with Crippen molar-refractivity contribution in [1.82, 2.24) is 60.5 Å². The molecule has 0 unspecified atom stereocenters. The molecule has 0 aromatic carbocycles. The van der Waals surface area contributed by atoms with Crippen molar-refractivity contribution in [2.45, 2.75) is 249 Å². The molecule has 25 heteroatoms. The fourth-order valence-electron chi connectivity index (χ4n) is 12.1. The minimum atomic E-state index is -1.63. The summed E-state index contributed by atoms with van der Waals surface area (Å²) in [6, 6.07) is -13.7. The van der Waals surface area contributed by atoms with Crippen LogP contribution in [-0.4, -0.2) is 262 Å². The third kappa shape index (κ3) is 25.5. The molecule has 24 nitrogen and oxygen atoms in total. The van der Waals surface area contributed by atoms with Crippen LogP contribution in [0.3, 0.4) is 0 Å². The number of aliphatic hydroxyl groups excluding tert-OH is 1. The maximum Gasteiger partial charge on any atom is 0.246 e. The SMILES string of the molecule is C/C=C/C[C@@H](C)[C@@H](O)[C@H]1C(=O)N[C@@H](CC)C(=O)N(C)[C@H](CSCCCN(CC)CC)C(=O)N(C)[C@@H](CC(C)C)C(=O)N[C@@H](C(C)C)C(=O)N(C)[C@@H](CC(C)C)C(=O)N[C@@H](C)C(=O)N[C@H](C)C(=O)N(C)[C@@H](CC(C)C)C(=O)N(C)[C@@H](CC(C)C)C(=O)N(C)[C@@H](C(C)C)C(=O)N1C. The lowest BCUT2D eigenvalue weighted by Gasteiger charge is -2.41. The van der Waals surface area contributed by atoms with Gasteiger partial charge in [-0.05, 0) is 133 Å². The standard InChI is InChI=1S/C70H128N12O12S/c1-27-31-33-47(17)59(83)58-63(87)73-50(28-2)65(89)79(24)55(40-95-35-32-34-82(29-3)30-4)68(92)75(20)52(37-42(7)8)62(86)74-56(45(13)14)69(93)76(21)51(36-41(5)6)61(85)71-48(18)60(84)72-49(19)64(88)77(22)53(38-43(9)10)66(90)78(23)54(39-44(11)12)67(91)80(25)57(46(15)16)70(94)81(58)26/h27,31,41-59,83H,28-30,32-40H2,1-26H3,(H,71,85)(H,72,84)(H,73,87)(H,74,86)/b31-27+/t47-,48+,49-,50+,51+,52+,53+,54+,55-,56+,57+,58+,59-/m1/s1. The number of aliphatic hydroxyl groups is 1. The lowest BCUT2D eigenvalue weighted by Crippen LogP contribution is -2.64. The fourth-order valence-corrected chi connectivity index (χ4v) is 13.2. The van der Waals surface area contributed by atoms with Gasteiger partial charge < -0.3 is 65.6 Å². The second-order valence-electron chi connectivity index (χ2n) is 28.8. The number of carbonyl (C=O) groups is 11. The average Bonchev–Trinajstić information content (AvgIpc) is 0.947. The fraction of sp³-hybridized carbons (Fsp3) is 0.814. The Morgan fingerprint density at radius 3 is 1.33 bits per heavy atom. The predicted molar refractivity (Wildman–Crippen MR) is 377 cm³/mol. The van der Waals surface area contributed by atoms with E-state index in [1.54, 1.807) is 47.6 Å². The molecule has 11 amide bonds. The summed E-state index contributed by atoms with van der Waals surface area (Å²) in [6.07, 6.45) is 3.79. The quantitative estimate of drug-likeness (QED) is 0.0658. The number of hydrogen-bond donors (Lipinski definition) is 5. The summed E-state index contributed by atoms with van der Waals surface area (Å²) in [5.41, 5.74) is 0. The van der Waals surface area contributed by atoms with Gasteiger partial charge in [-0.25, -0.2) is 0 Å². The lowest BCUT2D eigenvalue weighted by atomic mass is 9.91. The van der Waals surface area contributed by atoms with Crippen LogP contribution >= 0.6 is 11.8 Å². The van der Waals surface area contributed by atoms with Crippen LogP contribution in [0.4, 0.5) is 0 Å². The van der Waals surface area contributed by atoms with Crippen LogP contribution in [0.15, 0.2) is 12.2 Å². The molecule has 0 bridgehead atoms. The summed E-state index contributed by atoms with van der Waals surface area (Å²) in [5.74, 6) is -8.97. The van der Waals surface area contributed by atoms with E-state index >= 15 is 28.8 Å². The van der Waals surface area contributed by atoms with E-state index in [9.17, 15) is 29.1 Å². The molecule has 0 aromatic rings. The van der Waals surface area contributed by atoms with Gasteiger partial charge in [0.05, 0.1) is 6.10 Å². The molecule has 1 aliphatic heterocycles. The molecule has 0 saturated carbocycles. The van der Waals surface area contributed by atoms with E-state index in [2.05, 4.69) is 40.0 Å². The van der Waals surface area contributed by atoms with Gasteiger partial charge in [0.2, 0.25) is 65.0 Å². The Labute approximate surface area is 575 Å². The number of allylic oxidation sites excluding steroid dienone is 2. The van der Waals surface area contributed by atoms with Crippen molar-refractivity contribution >= 4 is 76.7 Å². The normalized spacial score (nSPS) is 26.2. The minimum absolute atomic E-state index is 0.0127. The Hall–Kier alpha value is -5.82. The van der Waals surface area contributed by atoms with Crippen molar-refractivity contribution in [2.24, 2.45) is 41.4 Å². The van der Waals surface area contributed by atoms with Gasteiger partial charge in [-0.1, -0.05) is 123 Å². The van der Waals surface area contributed by atoms with Gasteiger partial charge in [-0.3, -0.25) is 52.7 Å². The van der Waals surface area contributed by atoms with Crippen LogP contribution in [0.2, 0.25) is 0 Å². The first kappa shape index (κ1) is 87.2. The van der Waals surface area contributed by atoms with Crippen molar-refractivity contribution in [3.05, 3.63) is 12.2 Å². The number of thioether (sulfide) groups is 1. The Morgan fingerprint density at radius 1 is 0.463 bits per heavy atom. The highest BCUT2D eigenvalue weighted by molar-refractivity contribution is 7.99. The molecule has 0 aliphatic carbocycles. The van der Waals surface area contributed by atoms with Gasteiger partial charge in [0.25, 0.3) is 0 Å². The van der Waals surface area contributed by atoms with E-state index in [0.717, 1.165) is 31.0 Å². The second-order valence-corrected chi connectivity index (χ2v) is 29.9. The summed E-state index contributed by atoms with van der Waals surface area (Å²) in [6.45, 7) is 36.8.